The van der Waals surface area contributed by atoms with E-state index < -0.39 is 11.8 Å². The van der Waals surface area contributed by atoms with Crippen LogP contribution in [0.3, 0.4) is 0 Å². The van der Waals surface area contributed by atoms with Crippen molar-refractivity contribution in [2.24, 2.45) is 0 Å². The molecule has 3 aromatic carbocycles. The van der Waals surface area contributed by atoms with Crippen molar-refractivity contribution in [3.05, 3.63) is 99.0 Å². The zero-order valence-corrected chi connectivity index (χ0v) is 18.0. The molecule has 0 radical (unpaired) electrons. The third-order valence-corrected chi connectivity index (χ3v) is 5.37. The molecule has 0 aromatic heterocycles. The van der Waals surface area contributed by atoms with Gasteiger partial charge >= 0.3 is 0 Å². The van der Waals surface area contributed by atoms with Gasteiger partial charge in [-0.25, -0.2) is 0 Å². The third kappa shape index (κ3) is 5.12. The van der Waals surface area contributed by atoms with Crippen molar-refractivity contribution < 1.29 is 14.4 Å². The lowest BCUT2D eigenvalue weighted by Gasteiger charge is -2.10. The second kappa shape index (κ2) is 9.37. The summed E-state index contributed by atoms with van der Waals surface area (Å²) in [7, 11) is 0. The molecule has 0 bridgehead atoms. The quantitative estimate of drug-likeness (QED) is 0.499. The van der Waals surface area contributed by atoms with Gasteiger partial charge in [-0.05, 0) is 67.4 Å². The van der Waals surface area contributed by atoms with Crippen molar-refractivity contribution in [1.29, 1.82) is 0 Å². The molecular weight excluding hydrogens is 446 g/mol. The van der Waals surface area contributed by atoms with Gasteiger partial charge in [0.15, 0.2) is 0 Å². The number of aryl methyl sites for hydroxylation is 2. The predicted octanol–water partition coefficient (Wildman–Crippen LogP) is 4.39. The van der Waals surface area contributed by atoms with Crippen molar-refractivity contribution in [1.82, 2.24) is 10.9 Å². The number of carbonyl (C=O) groups is 3. The molecule has 3 N–H and O–H groups in total. The fourth-order valence-corrected chi connectivity index (χ4v) is 3.10. The van der Waals surface area contributed by atoms with Crippen molar-refractivity contribution in [3.8, 4) is 0 Å². The van der Waals surface area contributed by atoms with Gasteiger partial charge in [0.05, 0.1) is 0 Å². The number of nitrogens with one attached hydrogen (secondary N) is 3. The van der Waals surface area contributed by atoms with E-state index in [0.717, 1.165) is 15.6 Å². The van der Waals surface area contributed by atoms with Crippen molar-refractivity contribution in [3.63, 3.8) is 0 Å². The second-order valence-electron chi connectivity index (χ2n) is 6.72. The van der Waals surface area contributed by atoms with Gasteiger partial charge in [-0.15, -0.1) is 0 Å². The monoisotopic (exact) mass is 465 g/mol. The Morgan fingerprint density at radius 1 is 0.700 bits per heavy atom. The molecule has 0 heterocycles. The molecule has 0 aliphatic rings. The topological polar surface area (TPSA) is 87.3 Å². The van der Waals surface area contributed by atoms with Gasteiger partial charge in [0.1, 0.15) is 0 Å². The molecule has 0 aliphatic heterocycles. The Balaban J connectivity index is 1.58. The van der Waals surface area contributed by atoms with Gasteiger partial charge in [0.2, 0.25) is 0 Å². The van der Waals surface area contributed by atoms with E-state index in [-0.39, 0.29) is 5.91 Å². The zero-order chi connectivity index (χ0) is 21.7. The fourth-order valence-electron chi connectivity index (χ4n) is 2.72. The summed E-state index contributed by atoms with van der Waals surface area (Å²) in [4.78, 5) is 36.8. The van der Waals surface area contributed by atoms with Crippen LogP contribution in [-0.4, -0.2) is 17.7 Å². The lowest BCUT2D eigenvalue weighted by molar-refractivity contribution is 0.0846. The van der Waals surface area contributed by atoms with Crippen LogP contribution in [0.15, 0.2) is 71.2 Å². The van der Waals surface area contributed by atoms with Crippen LogP contribution in [0.4, 0.5) is 5.69 Å². The Morgan fingerprint density at radius 2 is 1.30 bits per heavy atom. The minimum absolute atomic E-state index is 0.221. The maximum absolute atomic E-state index is 12.4. The van der Waals surface area contributed by atoms with Crippen molar-refractivity contribution in [2.75, 3.05) is 5.32 Å². The highest BCUT2D eigenvalue weighted by molar-refractivity contribution is 9.10. The summed E-state index contributed by atoms with van der Waals surface area (Å²) in [5, 5.41) is 2.80. The van der Waals surface area contributed by atoms with Crippen LogP contribution in [0.2, 0.25) is 0 Å². The van der Waals surface area contributed by atoms with Gasteiger partial charge in [-0.3, -0.25) is 25.2 Å². The summed E-state index contributed by atoms with van der Waals surface area (Å²) in [6.45, 7) is 3.78. The van der Waals surface area contributed by atoms with E-state index in [1.54, 1.807) is 48.5 Å². The SMILES string of the molecule is Cc1ccc(C(=O)NNC(=O)c2ccc(NC(=O)c3ccccc3C)cc2)cc1Br. The number of amides is 3. The molecule has 0 unspecified atom stereocenters. The van der Waals surface area contributed by atoms with E-state index in [1.165, 1.54) is 0 Å². The average Bonchev–Trinajstić information content (AvgIpc) is 2.74. The number of halogens is 1. The summed E-state index contributed by atoms with van der Waals surface area (Å²) in [6.07, 6.45) is 0. The van der Waals surface area contributed by atoms with Crippen LogP contribution in [0.25, 0.3) is 0 Å². The first-order chi connectivity index (χ1) is 14.3. The summed E-state index contributed by atoms with van der Waals surface area (Å²) < 4.78 is 0.810. The number of hydrazine groups is 1. The lowest BCUT2D eigenvalue weighted by Crippen LogP contribution is -2.41. The van der Waals surface area contributed by atoms with Crippen molar-refractivity contribution >= 4 is 39.3 Å². The first-order valence-electron chi connectivity index (χ1n) is 9.19. The first kappa shape index (κ1) is 21.3. The van der Waals surface area contributed by atoms with Crippen LogP contribution in [0.5, 0.6) is 0 Å². The van der Waals surface area contributed by atoms with E-state index in [0.29, 0.717) is 22.4 Å². The zero-order valence-electron chi connectivity index (χ0n) is 16.5. The summed E-state index contributed by atoms with van der Waals surface area (Å²) in [5.74, 6) is -1.11. The molecule has 6 nitrogen and oxygen atoms in total. The molecule has 3 amide bonds. The molecule has 0 spiro atoms. The molecule has 0 atom stereocenters. The number of hydrogen-bond acceptors (Lipinski definition) is 3. The minimum atomic E-state index is -0.466. The Morgan fingerprint density at radius 3 is 1.93 bits per heavy atom. The summed E-state index contributed by atoms with van der Waals surface area (Å²) in [5.41, 5.74) is 8.57. The molecule has 7 heteroatoms. The van der Waals surface area contributed by atoms with Gasteiger partial charge < -0.3 is 5.32 Å². The van der Waals surface area contributed by atoms with Gasteiger partial charge in [-0.1, -0.05) is 40.2 Å². The summed E-state index contributed by atoms with van der Waals surface area (Å²) >= 11 is 3.38. The highest BCUT2D eigenvalue weighted by Gasteiger charge is 2.12. The lowest BCUT2D eigenvalue weighted by atomic mass is 10.1. The average molecular weight is 466 g/mol. The molecule has 152 valence electrons. The largest absolute Gasteiger partial charge is 0.322 e. The van der Waals surface area contributed by atoms with Gasteiger partial charge in [-0.2, -0.15) is 0 Å². The van der Waals surface area contributed by atoms with E-state index in [1.807, 2.05) is 32.0 Å². The second-order valence-corrected chi connectivity index (χ2v) is 7.57. The Labute approximate surface area is 182 Å². The maximum Gasteiger partial charge on any atom is 0.269 e. The summed E-state index contributed by atoms with van der Waals surface area (Å²) in [6, 6.07) is 18.9. The van der Waals surface area contributed by atoms with Crippen LogP contribution >= 0.6 is 15.9 Å². The normalized spacial score (nSPS) is 10.2. The Kier molecular flexibility index (Phi) is 6.64. The highest BCUT2D eigenvalue weighted by Crippen LogP contribution is 2.17. The number of benzene rings is 3. The molecule has 0 aliphatic carbocycles. The smallest absolute Gasteiger partial charge is 0.269 e. The molecule has 0 saturated carbocycles. The van der Waals surface area contributed by atoms with Gasteiger partial charge in [0.25, 0.3) is 17.7 Å². The molecular formula is C23H20BrN3O3. The van der Waals surface area contributed by atoms with Crippen molar-refractivity contribution in [2.45, 2.75) is 13.8 Å². The first-order valence-corrected chi connectivity index (χ1v) is 9.98. The molecule has 0 fully saturated rings. The van der Waals surface area contributed by atoms with Crippen LogP contribution in [0, 0.1) is 13.8 Å². The number of hydrogen-bond donors (Lipinski definition) is 3. The highest BCUT2D eigenvalue weighted by atomic mass is 79.9. The van der Waals surface area contributed by atoms with E-state index in [4.69, 9.17) is 0 Å². The maximum atomic E-state index is 12.4. The van der Waals surface area contributed by atoms with E-state index in [9.17, 15) is 14.4 Å². The number of carbonyl (C=O) groups excluding carboxylic acids is 3. The third-order valence-electron chi connectivity index (χ3n) is 4.52. The van der Waals surface area contributed by atoms with Crippen LogP contribution in [-0.2, 0) is 0 Å². The fraction of sp³-hybridized carbons (Fsp3) is 0.0870. The molecule has 3 rings (SSSR count). The van der Waals surface area contributed by atoms with E-state index in [2.05, 4.69) is 32.1 Å². The number of anilines is 1. The van der Waals surface area contributed by atoms with Gasteiger partial charge in [0, 0.05) is 26.9 Å². The molecule has 0 saturated heterocycles. The Hall–Kier alpha value is -3.45. The van der Waals surface area contributed by atoms with Crippen LogP contribution in [0.1, 0.15) is 42.2 Å². The standard InChI is InChI=1S/C23H20BrN3O3/c1-14-5-3-4-6-19(14)23(30)25-18-11-9-16(10-12-18)21(28)26-27-22(29)17-8-7-15(2)20(24)13-17/h3-13H,1-2H3,(H,25,30)(H,26,28)(H,27,29). The number of rotatable bonds is 4. The molecule has 3 aromatic rings. The minimum Gasteiger partial charge on any atom is -0.322 e. The van der Waals surface area contributed by atoms with Crippen LogP contribution < -0.4 is 16.2 Å². The van der Waals surface area contributed by atoms with E-state index >= 15 is 0 Å². The predicted molar refractivity (Wildman–Crippen MR) is 119 cm³/mol. The Bertz CT molecular complexity index is 1110. The molecule has 30 heavy (non-hydrogen) atoms.